The summed E-state index contributed by atoms with van der Waals surface area (Å²) in [6.07, 6.45) is 0. The molecule has 3 aromatic carbocycles. The normalized spacial score (nSPS) is 12.4. The summed E-state index contributed by atoms with van der Waals surface area (Å²) in [5.41, 5.74) is 7.46. The summed E-state index contributed by atoms with van der Waals surface area (Å²) in [5.74, 6) is 0. The van der Waals surface area contributed by atoms with Gasteiger partial charge in [-0.05, 0) is 23.3 Å². The standard InChI is InChI=1S/C18H11BO/c1-3-7-15-11(5-1)13-10-18-14(9-16(13)19-15)12-6-2-4-8-17(12)20-18/h1-10,19H. The third-order valence-electron chi connectivity index (χ3n) is 4.29. The van der Waals surface area contributed by atoms with E-state index in [2.05, 4.69) is 48.5 Å². The van der Waals surface area contributed by atoms with Gasteiger partial charge in [0.2, 0.25) is 0 Å². The van der Waals surface area contributed by atoms with Gasteiger partial charge in [0, 0.05) is 10.8 Å². The molecular weight excluding hydrogens is 243 g/mol. The van der Waals surface area contributed by atoms with E-state index in [1.807, 2.05) is 12.1 Å². The Labute approximate surface area is 117 Å². The van der Waals surface area contributed by atoms with Crippen LogP contribution in [0, 0.1) is 0 Å². The highest BCUT2D eigenvalue weighted by Crippen LogP contribution is 2.31. The zero-order valence-corrected chi connectivity index (χ0v) is 10.9. The molecule has 0 radical (unpaired) electrons. The lowest BCUT2D eigenvalue weighted by atomic mass is 9.68. The molecule has 0 aliphatic carbocycles. The topological polar surface area (TPSA) is 13.1 Å². The second-order valence-corrected chi connectivity index (χ2v) is 5.44. The number of hydrogen-bond donors (Lipinski definition) is 0. The lowest BCUT2D eigenvalue weighted by Gasteiger charge is -2.01. The summed E-state index contributed by atoms with van der Waals surface area (Å²) in [6, 6.07) is 21.4. The highest BCUT2D eigenvalue weighted by atomic mass is 16.3. The second-order valence-electron chi connectivity index (χ2n) is 5.44. The van der Waals surface area contributed by atoms with Gasteiger partial charge in [0.05, 0.1) is 0 Å². The Bertz CT molecular complexity index is 981. The number of para-hydroxylation sites is 1. The molecule has 4 aromatic rings. The average Bonchev–Trinajstić information content (AvgIpc) is 3.02. The van der Waals surface area contributed by atoms with Crippen LogP contribution in [-0.2, 0) is 0 Å². The van der Waals surface area contributed by atoms with Crippen LogP contribution in [0.15, 0.2) is 65.1 Å². The lowest BCUT2D eigenvalue weighted by molar-refractivity contribution is 0.669. The zero-order valence-electron chi connectivity index (χ0n) is 10.9. The van der Waals surface area contributed by atoms with E-state index in [1.165, 1.54) is 32.8 Å². The molecule has 0 amide bonds. The predicted octanol–water partition coefficient (Wildman–Crippen LogP) is 2.95. The van der Waals surface area contributed by atoms with Crippen molar-refractivity contribution in [3.05, 3.63) is 60.7 Å². The van der Waals surface area contributed by atoms with E-state index < -0.39 is 0 Å². The van der Waals surface area contributed by atoms with Gasteiger partial charge in [-0.1, -0.05) is 59.5 Å². The molecule has 20 heavy (non-hydrogen) atoms. The maximum atomic E-state index is 5.99. The van der Waals surface area contributed by atoms with E-state index in [1.54, 1.807) is 0 Å². The van der Waals surface area contributed by atoms with Crippen molar-refractivity contribution in [2.24, 2.45) is 0 Å². The zero-order chi connectivity index (χ0) is 13.1. The van der Waals surface area contributed by atoms with E-state index >= 15 is 0 Å². The van der Waals surface area contributed by atoms with Crippen molar-refractivity contribution in [1.82, 2.24) is 0 Å². The Morgan fingerprint density at radius 2 is 1.50 bits per heavy atom. The first-order valence-corrected chi connectivity index (χ1v) is 6.92. The molecule has 1 aromatic heterocycles. The lowest BCUT2D eigenvalue weighted by Crippen LogP contribution is -2.20. The Balaban J connectivity index is 1.90. The molecule has 1 nitrogen and oxygen atoms in total. The SMILES string of the molecule is B1c2ccccc2-c2cc3oc4ccccc4c3cc21. The Kier molecular flexibility index (Phi) is 1.83. The van der Waals surface area contributed by atoms with Crippen molar-refractivity contribution in [1.29, 1.82) is 0 Å². The van der Waals surface area contributed by atoms with E-state index in [0.717, 1.165) is 18.4 Å². The van der Waals surface area contributed by atoms with Crippen LogP contribution in [0.25, 0.3) is 33.1 Å². The van der Waals surface area contributed by atoms with Crippen LogP contribution >= 0.6 is 0 Å². The average molecular weight is 254 g/mol. The predicted molar refractivity (Wildman–Crippen MR) is 85.6 cm³/mol. The van der Waals surface area contributed by atoms with Crippen LogP contribution in [0.1, 0.15) is 0 Å². The molecule has 0 unspecified atom stereocenters. The van der Waals surface area contributed by atoms with Crippen LogP contribution < -0.4 is 10.9 Å². The van der Waals surface area contributed by atoms with E-state index in [0.29, 0.717) is 0 Å². The van der Waals surface area contributed by atoms with Crippen molar-refractivity contribution < 1.29 is 4.42 Å². The minimum atomic E-state index is 0.972. The maximum absolute atomic E-state index is 5.99. The van der Waals surface area contributed by atoms with Crippen LogP contribution in [0.4, 0.5) is 0 Å². The number of furan rings is 1. The van der Waals surface area contributed by atoms with Gasteiger partial charge in [0.1, 0.15) is 11.2 Å². The molecule has 0 fully saturated rings. The maximum Gasteiger partial charge on any atom is 0.193 e. The molecule has 2 heteroatoms. The molecule has 0 saturated carbocycles. The summed E-state index contributed by atoms with van der Waals surface area (Å²) in [4.78, 5) is 0. The van der Waals surface area contributed by atoms with Gasteiger partial charge in [0.15, 0.2) is 7.28 Å². The van der Waals surface area contributed by atoms with Gasteiger partial charge < -0.3 is 4.42 Å². The molecule has 1 aliphatic heterocycles. The summed E-state index contributed by atoms with van der Waals surface area (Å²) in [5, 5.41) is 2.44. The first-order valence-electron chi connectivity index (χ1n) is 6.92. The summed E-state index contributed by atoms with van der Waals surface area (Å²) in [7, 11) is 1.03. The van der Waals surface area contributed by atoms with E-state index in [4.69, 9.17) is 4.42 Å². The van der Waals surface area contributed by atoms with Crippen LogP contribution in [0.2, 0.25) is 0 Å². The molecule has 0 spiro atoms. The second kappa shape index (κ2) is 3.54. The highest BCUT2D eigenvalue weighted by molar-refractivity contribution is 6.73. The first kappa shape index (κ1) is 10.3. The molecule has 92 valence electrons. The number of hydrogen-bond acceptors (Lipinski definition) is 1. The van der Waals surface area contributed by atoms with Crippen LogP contribution in [0.3, 0.4) is 0 Å². The third kappa shape index (κ3) is 1.23. The first-order chi connectivity index (χ1) is 9.90. The molecule has 0 saturated heterocycles. The Morgan fingerprint density at radius 3 is 2.50 bits per heavy atom. The van der Waals surface area contributed by atoms with Gasteiger partial charge in [-0.2, -0.15) is 0 Å². The van der Waals surface area contributed by atoms with E-state index in [9.17, 15) is 0 Å². The third-order valence-corrected chi connectivity index (χ3v) is 4.29. The molecule has 5 rings (SSSR count). The molecule has 0 bridgehead atoms. The van der Waals surface area contributed by atoms with Crippen molar-refractivity contribution in [2.75, 3.05) is 0 Å². The quantitative estimate of drug-likeness (QED) is 0.387. The van der Waals surface area contributed by atoms with Crippen molar-refractivity contribution in [3.8, 4) is 11.1 Å². The van der Waals surface area contributed by atoms with Gasteiger partial charge in [-0.3, -0.25) is 0 Å². The monoisotopic (exact) mass is 254 g/mol. The Hall–Kier alpha value is -2.48. The van der Waals surface area contributed by atoms with Gasteiger partial charge in [-0.15, -0.1) is 0 Å². The van der Waals surface area contributed by atoms with Crippen LogP contribution in [0.5, 0.6) is 0 Å². The fourth-order valence-corrected chi connectivity index (χ4v) is 3.36. The highest BCUT2D eigenvalue weighted by Gasteiger charge is 2.21. The smallest absolute Gasteiger partial charge is 0.193 e. The van der Waals surface area contributed by atoms with Gasteiger partial charge in [-0.25, -0.2) is 0 Å². The molecule has 1 aliphatic rings. The van der Waals surface area contributed by atoms with Crippen molar-refractivity contribution >= 4 is 40.1 Å². The summed E-state index contributed by atoms with van der Waals surface area (Å²) < 4.78 is 5.99. The largest absolute Gasteiger partial charge is 0.456 e. The van der Waals surface area contributed by atoms with E-state index in [-0.39, 0.29) is 0 Å². The number of rotatable bonds is 0. The summed E-state index contributed by atoms with van der Waals surface area (Å²) in [6.45, 7) is 0. The van der Waals surface area contributed by atoms with Gasteiger partial charge >= 0.3 is 0 Å². The number of benzene rings is 3. The number of fused-ring (bicyclic) bond motifs is 6. The fourth-order valence-electron chi connectivity index (χ4n) is 3.36. The molecular formula is C18H11BO. The van der Waals surface area contributed by atoms with Crippen molar-refractivity contribution in [3.63, 3.8) is 0 Å². The Morgan fingerprint density at radius 1 is 0.650 bits per heavy atom. The molecule has 2 heterocycles. The molecule has 0 atom stereocenters. The molecule has 0 N–H and O–H groups in total. The van der Waals surface area contributed by atoms with Crippen LogP contribution in [-0.4, -0.2) is 7.28 Å². The van der Waals surface area contributed by atoms with Gasteiger partial charge in [0.25, 0.3) is 0 Å². The minimum absolute atomic E-state index is 0.972. The van der Waals surface area contributed by atoms with Crippen molar-refractivity contribution in [2.45, 2.75) is 0 Å². The summed E-state index contributed by atoms with van der Waals surface area (Å²) >= 11 is 0. The fraction of sp³-hybridized carbons (Fsp3) is 0. The minimum Gasteiger partial charge on any atom is -0.456 e.